The van der Waals surface area contributed by atoms with Gasteiger partial charge in [0.1, 0.15) is 5.76 Å². The van der Waals surface area contributed by atoms with Crippen LogP contribution < -0.4 is 5.32 Å². The molecule has 0 atom stereocenters. The van der Waals surface area contributed by atoms with Gasteiger partial charge < -0.3 is 14.8 Å². The zero-order chi connectivity index (χ0) is 14.4. The summed E-state index contributed by atoms with van der Waals surface area (Å²) < 4.78 is 5.15. The summed E-state index contributed by atoms with van der Waals surface area (Å²) in [5.41, 5.74) is 1.26. The molecule has 2 rings (SSSR count). The fourth-order valence-corrected chi connectivity index (χ4v) is 1.85. The Morgan fingerprint density at radius 2 is 2.05 bits per heavy atom. The molecule has 0 fully saturated rings. The van der Waals surface area contributed by atoms with Crippen LogP contribution in [0.1, 0.15) is 17.7 Å². The molecule has 0 unspecified atom stereocenters. The SMILES string of the molecule is O=C(O)Cc1cccc(NC(=O)CCc2ccco2)c1. The molecule has 2 aromatic rings. The van der Waals surface area contributed by atoms with Crippen molar-refractivity contribution in [3.8, 4) is 0 Å². The van der Waals surface area contributed by atoms with Gasteiger partial charge in [0, 0.05) is 18.5 Å². The van der Waals surface area contributed by atoms with Crippen molar-refractivity contribution in [1.82, 2.24) is 0 Å². The van der Waals surface area contributed by atoms with E-state index in [0.717, 1.165) is 5.76 Å². The molecule has 0 radical (unpaired) electrons. The second-order valence-electron chi connectivity index (χ2n) is 4.40. The van der Waals surface area contributed by atoms with Crippen LogP contribution in [0.5, 0.6) is 0 Å². The first kappa shape index (κ1) is 13.9. The number of aryl methyl sites for hydroxylation is 1. The van der Waals surface area contributed by atoms with Gasteiger partial charge >= 0.3 is 5.97 Å². The molecule has 0 bridgehead atoms. The lowest BCUT2D eigenvalue weighted by Gasteiger charge is -2.06. The van der Waals surface area contributed by atoms with Gasteiger partial charge in [-0.1, -0.05) is 12.1 Å². The Bertz CT molecular complexity index is 590. The number of carbonyl (C=O) groups excluding carboxylic acids is 1. The summed E-state index contributed by atoms with van der Waals surface area (Å²) >= 11 is 0. The highest BCUT2D eigenvalue weighted by Gasteiger charge is 2.06. The van der Waals surface area contributed by atoms with E-state index in [1.54, 1.807) is 36.6 Å². The third kappa shape index (κ3) is 4.28. The van der Waals surface area contributed by atoms with Gasteiger partial charge in [0.15, 0.2) is 0 Å². The molecule has 0 saturated heterocycles. The zero-order valence-electron chi connectivity index (χ0n) is 10.8. The Balaban J connectivity index is 1.88. The smallest absolute Gasteiger partial charge is 0.307 e. The summed E-state index contributed by atoms with van der Waals surface area (Å²) in [6.07, 6.45) is 2.36. The predicted octanol–water partition coefficient (Wildman–Crippen LogP) is 2.48. The fraction of sp³-hybridized carbons (Fsp3) is 0.200. The summed E-state index contributed by atoms with van der Waals surface area (Å²) in [6.45, 7) is 0. The molecule has 2 N–H and O–H groups in total. The first-order valence-electron chi connectivity index (χ1n) is 6.26. The molecule has 0 spiro atoms. The number of carboxylic acid groups (broad SMARTS) is 1. The third-order valence-corrected chi connectivity index (χ3v) is 2.74. The Kier molecular flexibility index (Phi) is 4.55. The number of furan rings is 1. The van der Waals surface area contributed by atoms with E-state index < -0.39 is 5.97 Å². The van der Waals surface area contributed by atoms with E-state index in [9.17, 15) is 9.59 Å². The van der Waals surface area contributed by atoms with Crippen LogP contribution in [0.3, 0.4) is 0 Å². The van der Waals surface area contributed by atoms with Gasteiger partial charge in [-0.15, -0.1) is 0 Å². The first-order valence-corrected chi connectivity index (χ1v) is 6.26. The highest BCUT2D eigenvalue weighted by atomic mass is 16.4. The molecule has 0 aliphatic rings. The number of aliphatic carboxylic acids is 1. The van der Waals surface area contributed by atoms with Crippen LogP contribution in [0.4, 0.5) is 5.69 Å². The van der Waals surface area contributed by atoms with Crippen LogP contribution in [0.2, 0.25) is 0 Å². The average molecular weight is 273 g/mol. The van der Waals surface area contributed by atoms with Gasteiger partial charge in [0.2, 0.25) is 5.91 Å². The van der Waals surface area contributed by atoms with Crippen molar-refractivity contribution in [3.63, 3.8) is 0 Å². The number of rotatable bonds is 6. The van der Waals surface area contributed by atoms with Crippen molar-refractivity contribution in [2.24, 2.45) is 0 Å². The highest BCUT2D eigenvalue weighted by molar-refractivity contribution is 5.91. The van der Waals surface area contributed by atoms with E-state index in [1.165, 1.54) is 0 Å². The quantitative estimate of drug-likeness (QED) is 0.847. The molecular weight excluding hydrogens is 258 g/mol. The standard InChI is InChI=1S/C15H15NO4/c17-14(7-6-13-5-2-8-20-13)16-12-4-1-3-11(9-12)10-15(18)19/h1-5,8-9H,6-7,10H2,(H,16,17)(H,18,19). The third-order valence-electron chi connectivity index (χ3n) is 2.74. The molecular formula is C15H15NO4. The number of nitrogens with one attached hydrogen (secondary N) is 1. The number of hydrogen-bond acceptors (Lipinski definition) is 3. The lowest BCUT2D eigenvalue weighted by molar-refractivity contribution is -0.136. The van der Waals surface area contributed by atoms with Crippen LogP contribution in [-0.2, 0) is 22.4 Å². The summed E-state index contributed by atoms with van der Waals surface area (Å²) in [5, 5.41) is 11.5. The monoisotopic (exact) mass is 273 g/mol. The topological polar surface area (TPSA) is 79.5 Å². The van der Waals surface area contributed by atoms with Gasteiger partial charge in [-0.05, 0) is 29.8 Å². The lowest BCUT2D eigenvalue weighted by Crippen LogP contribution is -2.12. The van der Waals surface area contributed by atoms with Crippen LogP contribution in [-0.4, -0.2) is 17.0 Å². The van der Waals surface area contributed by atoms with Crippen LogP contribution in [0.25, 0.3) is 0 Å². The number of anilines is 1. The maximum atomic E-state index is 11.8. The summed E-state index contributed by atoms with van der Waals surface area (Å²) in [6, 6.07) is 10.4. The van der Waals surface area contributed by atoms with E-state index >= 15 is 0 Å². The molecule has 20 heavy (non-hydrogen) atoms. The maximum absolute atomic E-state index is 11.8. The molecule has 5 heteroatoms. The molecule has 5 nitrogen and oxygen atoms in total. The molecule has 1 aromatic heterocycles. The summed E-state index contributed by atoms with van der Waals surface area (Å²) in [5.74, 6) is -0.264. The Labute approximate surface area is 116 Å². The van der Waals surface area contributed by atoms with E-state index in [2.05, 4.69) is 5.32 Å². The summed E-state index contributed by atoms with van der Waals surface area (Å²) in [7, 11) is 0. The number of carboxylic acids is 1. The molecule has 0 aliphatic heterocycles. The van der Waals surface area contributed by atoms with E-state index in [-0.39, 0.29) is 12.3 Å². The number of benzene rings is 1. The second-order valence-corrected chi connectivity index (χ2v) is 4.40. The molecule has 0 aliphatic carbocycles. The zero-order valence-corrected chi connectivity index (χ0v) is 10.8. The maximum Gasteiger partial charge on any atom is 0.307 e. The van der Waals surface area contributed by atoms with Gasteiger partial charge in [-0.3, -0.25) is 9.59 Å². The van der Waals surface area contributed by atoms with Gasteiger partial charge in [-0.2, -0.15) is 0 Å². The Morgan fingerprint density at radius 1 is 1.20 bits per heavy atom. The van der Waals surface area contributed by atoms with Crippen molar-refractivity contribution in [2.45, 2.75) is 19.3 Å². The van der Waals surface area contributed by atoms with Gasteiger partial charge in [-0.25, -0.2) is 0 Å². The second kappa shape index (κ2) is 6.56. The Hall–Kier alpha value is -2.56. The Morgan fingerprint density at radius 3 is 2.75 bits per heavy atom. The normalized spacial score (nSPS) is 10.2. The minimum Gasteiger partial charge on any atom is -0.481 e. The van der Waals surface area contributed by atoms with Crippen LogP contribution in [0, 0.1) is 0 Å². The van der Waals surface area contributed by atoms with Crippen LogP contribution >= 0.6 is 0 Å². The summed E-state index contributed by atoms with van der Waals surface area (Å²) in [4.78, 5) is 22.4. The number of carbonyl (C=O) groups is 2. The van der Waals surface area contributed by atoms with Crippen LogP contribution in [0.15, 0.2) is 47.1 Å². The number of hydrogen-bond donors (Lipinski definition) is 2. The molecule has 104 valence electrons. The molecule has 0 saturated carbocycles. The number of amides is 1. The predicted molar refractivity (Wildman–Crippen MR) is 73.4 cm³/mol. The average Bonchev–Trinajstić information content (AvgIpc) is 2.89. The van der Waals surface area contributed by atoms with E-state index in [4.69, 9.17) is 9.52 Å². The minimum atomic E-state index is -0.897. The van der Waals surface area contributed by atoms with Crippen molar-refractivity contribution >= 4 is 17.6 Å². The molecule has 1 aromatic carbocycles. The minimum absolute atomic E-state index is 0.0594. The van der Waals surface area contributed by atoms with Crippen molar-refractivity contribution < 1.29 is 19.1 Å². The molecule has 1 heterocycles. The van der Waals surface area contributed by atoms with E-state index in [0.29, 0.717) is 24.1 Å². The fourth-order valence-electron chi connectivity index (χ4n) is 1.85. The van der Waals surface area contributed by atoms with Crippen molar-refractivity contribution in [3.05, 3.63) is 54.0 Å². The first-order chi connectivity index (χ1) is 9.63. The van der Waals surface area contributed by atoms with Gasteiger partial charge in [0.05, 0.1) is 12.7 Å². The van der Waals surface area contributed by atoms with Crippen molar-refractivity contribution in [1.29, 1.82) is 0 Å². The molecule has 1 amide bonds. The lowest BCUT2D eigenvalue weighted by atomic mass is 10.1. The van der Waals surface area contributed by atoms with E-state index in [1.807, 2.05) is 6.07 Å². The highest BCUT2D eigenvalue weighted by Crippen LogP contribution is 2.12. The van der Waals surface area contributed by atoms with Gasteiger partial charge in [0.25, 0.3) is 0 Å². The largest absolute Gasteiger partial charge is 0.481 e. The van der Waals surface area contributed by atoms with Crippen molar-refractivity contribution in [2.75, 3.05) is 5.32 Å².